The van der Waals surface area contributed by atoms with Crippen LogP contribution in [0.3, 0.4) is 0 Å². The van der Waals surface area contributed by atoms with Crippen LogP contribution in [-0.2, 0) is 15.1 Å². The van der Waals surface area contributed by atoms with E-state index in [1.807, 2.05) is 12.1 Å². The van der Waals surface area contributed by atoms with E-state index < -0.39 is 11.6 Å². The number of aliphatic carboxylic acids is 1. The summed E-state index contributed by atoms with van der Waals surface area (Å²) in [6.07, 6.45) is 0. The first-order valence-electron chi connectivity index (χ1n) is 5.61. The minimum atomic E-state index is -1.46. The molecule has 0 fully saturated rings. The third-order valence-corrected chi connectivity index (χ3v) is 2.97. The van der Waals surface area contributed by atoms with Crippen molar-refractivity contribution in [1.82, 2.24) is 0 Å². The average molecular weight is 242 g/mol. The summed E-state index contributed by atoms with van der Waals surface area (Å²) in [5.41, 5.74) is -0.250. The Morgan fingerprint density at radius 1 is 0.944 bits per heavy atom. The van der Waals surface area contributed by atoms with Crippen molar-refractivity contribution in [2.75, 3.05) is 7.11 Å². The summed E-state index contributed by atoms with van der Waals surface area (Å²) in [7, 11) is 1.41. The Balaban J connectivity index is 2.65. The Hall–Kier alpha value is -2.13. The molecule has 92 valence electrons. The lowest BCUT2D eigenvalue weighted by Crippen LogP contribution is -2.38. The van der Waals surface area contributed by atoms with Gasteiger partial charge in [-0.15, -0.1) is 0 Å². The number of ether oxygens (including phenoxy) is 1. The van der Waals surface area contributed by atoms with Gasteiger partial charge in [0.25, 0.3) is 0 Å². The first-order valence-corrected chi connectivity index (χ1v) is 5.61. The van der Waals surface area contributed by atoms with Crippen LogP contribution in [0.4, 0.5) is 0 Å². The van der Waals surface area contributed by atoms with Crippen molar-refractivity contribution in [2.24, 2.45) is 0 Å². The Morgan fingerprint density at radius 2 is 1.33 bits per heavy atom. The fraction of sp³-hybridized carbons (Fsp3) is 0.133. The smallest absolute Gasteiger partial charge is 0.345 e. The Kier molecular flexibility index (Phi) is 3.44. The number of carboxylic acid groups (broad SMARTS) is 1. The number of carboxylic acids is 1. The van der Waals surface area contributed by atoms with E-state index in [0.29, 0.717) is 11.1 Å². The molecule has 0 aliphatic heterocycles. The molecule has 3 heteroatoms. The van der Waals surface area contributed by atoms with Crippen LogP contribution in [0.25, 0.3) is 0 Å². The first kappa shape index (κ1) is 12.3. The van der Waals surface area contributed by atoms with E-state index in [1.165, 1.54) is 7.11 Å². The number of methoxy groups -OCH3 is 1. The summed E-state index contributed by atoms with van der Waals surface area (Å²) in [6.45, 7) is 0. The van der Waals surface area contributed by atoms with Crippen molar-refractivity contribution in [3.8, 4) is 0 Å². The molecule has 0 saturated heterocycles. The lowest BCUT2D eigenvalue weighted by molar-refractivity contribution is -0.158. The van der Waals surface area contributed by atoms with Gasteiger partial charge in [0, 0.05) is 7.11 Å². The highest BCUT2D eigenvalue weighted by atomic mass is 16.5. The molecule has 0 bridgehead atoms. The number of carbonyl (C=O) groups is 1. The Bertz CT molecular complexity index is 480. The van der Waals surface area contributed by atoms with Crippen LogP contribution in [0.2, 0.25) is 0 Å². The summed E-state index contributed by atoms with van der Waals surface area (Å²) in [5.74, 6) is -1.03. The molecule has 0 atom stereocenters. The van der Waals surface area contributed by atoms with Gasteiger partial charge in [0.2, 0.25) is 5.60 Å². The van der Waals surface area contributed by atoms with Gasteiger partial charge in [0.15, 0.2) is 0 Å². The fourth-order valence-corrected chi connectivity index (χ4v) is 2.08. The molecule has 0 aliphatic rings. The number of hydrogen-bond donors (Lipinski definition) is 1. The van der Waals surface area contributed by atoms with E-state index >= 15 is 0 Å². The van der Waals surface area contributed by atoms with Gasteiger partial charge in [-0.3, -0.25) is 0 Å². The minimum Gasteiger partial charge on any atom is -0.479 e. The molecule has 18 heavy (non-hydrogen) atoms. The van der Waals surface area contributed by atoms with E-state index in [9.17, 15) is 9.90 Å². The van der Waals surface area contributed by atoms with Gasteiger partial charge in [0.1, 0.15) is 0 Å². The van der Waals surface area contributed by atoms with Crippen molar-refractivity contribution < 1.29 is 14.6 Å². The molecule has 3 nitrogen and oxygen atoms in total. The molecule has 2 aromatic carbocycles. The van der Waals surface area contributed by atoms with E-state index in [-0.39, 0.29) is 0 Å². The van der Waals surface area contributed by atoms with Gasteiger partial charge in [-0.05, 0) is 11.1 Å². The predicted molar refractivity (Wildman–Crippen MR) is 68.3 cm³/mol. The zero-order chi connectivity index (χ0) is 13.0. The highest BCUT2D eigenvalue weighted by Crippen LogP contribution is 2.33. The van der Waals surface area contributed by atoms with Gasteiger partial charge in [-0.2, -0.15) is 0 Å². The summed E-state index contributed by atoms with van der Waals surface area (Å²) in [6, 6.07) is 17.9. The topological polar surface area (TPSA) is 46.5 Å². The molecule has 0 radical (unpaired) electrons. The van der Waals surface area contributed by atoms with Gasteiger partial charge < -0.3 is 9.84 Å². The first-order chi connectivity index (χ1) is 8.71. The second-order valence-electron chi connectivity index (χ2n) is 3.92. The number of rotatable bonds is 4. The van der Waals surface area contributed by atoms with Gasteiger partial charge in [0.05, 0.1) is 0 Å². The zero-order valence-electron chi connectivity index (χ0n) is 10.0. The Morgan fingerprint density at radius 3 is 1.61 bits per heavy atom. The SMILES string of the molecule is COC(C(=O)O)(c1ccccc1)c1ccccc1. The lowest BCUT2D eigenvalue weighted by Gasteiger charge is -2.28. The molecular formula is C15H14O3. The van der Waals surface area contributed by atoms with Crippen LogP contribution in [0.15, 0.2) is 60.7 Å². The standard InChI is InChI=1S/C15H14O3/c1-18-15(14(16)17,12-8-4-2-5-9-12)13-10-6-3-7-11-13/h2-11H,1H3,(H,16,17). The van der Waals surface area contributed by atoms with Crippen LogP contribution in [0.1, 0.15) is 11.1 Å². The van der Waals surface area contributed by atoms with E-state index in [4.69, 9.17) is 4.74 Å². The Labute approximate surface area is 106 Å². The molecule has 0 amide bonds. The van der Waals surface area contributed by atoms with Gasteiger partial charge in [-0.25, -0.2) is 4.79 Å². The van der Waals surface area contributed by atoms with Crippen molar-refractivity contribution >= 4 is 5.97 Å². The molecule has 0 aliphatic carbocycles. The maximum Gasteiger partial charge on any atom is 0.345 e. The molecule has 0 unspecified atom stereocenters. The molecule has 1 N–H and O–H groups in total. The molecule has 0 saturated carbocycles. The van der Waals surface area contributed by atoms with Gasteiger partial charge >= 0.3 is 5.97 Å². The van der Waals surface area contributed by atoms with Crippen LogP contribution in [-0.4, -0.2) is 18.2 Å². The van der Waals surface area contributed by atoms with Crippen LogP contribution in [0.5, 0.6) is 0 Å². The quantitative estimate of drug-likeness (QED) is 0.896. The maximum atomic E-state index is 11.7. The number of benzene rings is 2. The number of hydrogen-bond acceptors (Lipinski definition) is 2. The molecular weight excluding hydrogens is 228 g/mol. The van der Waals surface area contributed by atoms with E-state index in [2.05, 4.69) is 0 Å². The third kappa shape index (κ3) is 1.89. The normalized spacial score (nSPS) is 11.2. The van der Waals surface area contributed by atoms with Crippen molar-refractivity contribution in [1.29, 1.82) is 0 Å². The van der Waals surface area contributed by atoms with Crippen molar-refractivity contribution in [3.63, 3.8) is 0 Å². The zero-order valence-corrected chi connectivity index (χ0v) is 10.0. The highest BCUT2D eigenvalue weighted by Gasteiger charge is 2.42. The van der Waals surface area contributed by atoms with Crippen LogP contribution >= 0.6 is 0 Å². The highest BCUT2D eigenvalue weighted by molar-refractivity contribution is 5.84. The maximum absolute atomic E-state index is 11.7. The molecule has 0 heterocycles. The summed E-state index contributed by atoms with van der Waals surface area (Å²) in [5, 5.41) is 9.61. The minimum absolute atomic E-state index is 0.603. The predicted octanol–water partition coefficient (Wildman–Crippen LogP) is 2.66. The lowest BCUT2D eigenvalue weighted by atomic mass is 9.86. The summed E-state index contributed by atoms with van der Waals surface area (Å²) in [4.78, 5) is 11.7. The molecule has 2 rings (SSSR count). The monoisotopic (exact) mass is 242 g/mol. The van der Waals surface area contributed by atoms with Crippen LogP contribution < -0.4 is 0 Å². The van der Waals surface area contributed by atoms with Crippen molar-refractivity contribution in [3.05, 3.63) is 71.8 Å². The third-order valence-electron chi connectivity index (χ3n) is 2.97. The average Bonchev–Trinajstić information content (AvgIpc) is 2.42. The molecule has 2 aromatic rings. The fourth-order valence-electron chi connectivity index (χ4n) is 2.08. The van der Waals surface area contributed by atoms with E-state index in [1.54, 1.807) is 48.5 Å². The van der Waals surface area contributed by atoms with Gasteiger partial charge in [-0.1, -0.05) is 60.7 Å². The van der Waals surface area contributed by atoms with Crippen molar-refractivity contribution in [2.45, 2.75) is 5.60 Å². The summed E-state index contributed by atoms with van der Waals surface area (Å²) >= 11 is 0. The summed E-state index contributed by atoms with van der Waals surface area (Å²) < 4.78 is 5.37. The van der Waals surface area contributed by atoms with E-state index in [0.717, 1.165) is 0 Å². The second-order valence-corrected chi connectivity index (χ2v) is 3.92. The van der Waals surface area contributed by atoms with Crippen LogP contribution in [0, 0.1) is 0 Å². The molecule has 0 spiro atoms. The largest absolute Gasteiger partial charge is 0.479 e. The molecule has 0 aromatic heterocycles. The second kappa shape index (κ2) is 5.02.